The normalized spacial score (nSPS) is 10.9. The Bertz CT molecular complexity index is 266. The smallest absolute Gasteiger partial charge is 1.00 e. The van der Waals surface area contributed by atoms with Crippen LogP contribution in [0, 0.1) is 6.20 Å². The van der Waals surface area contributed by atoms with Gasteiger partial charge in [-0.05, 0) is 5.41 Å². The van der Waals surface area contributed by atoms with Crippen molar-refractivity contribution in [3.05, 3.63) is 23.5 Å². The van der Waals surface area contributed by atoms with Gasteiger partial charge in [0.15, 0.2) is 0 Å². The van der Waals surface area contributed by atoms with Crippen molar-refractivity contribution in [2.24, 2.45) is 0 Å². The minimum absolute atomic E-state index is 0. The number of hydrogen-bond donors (Lipinski definition) is 1. The fourth-order valence-electron chi connectivity index (χ4n) is 1.50. The molecule has 1 nitrogen and oxygen atoms in total. The molecule has 0 amide bonds. The monoisotopic (exact) mass is 296 g/mol. The summed E-state index contributed by atoms with van der Waals surface area (Å²) >= 11 is 0. The molecule has 0 unspecified atom stereocenters. The molecule has 0 atom stereocenters. The molecular weight excluding hydrogens is 277 g/mol. The van der Waals surface area contributed by atoms with E-state index in [9.17, 15) is 0 Å². The van der Waals surface area contributed by atoms with E-state index in [1.54, 1.807) is 0 Å². The van der Waals surface area contributed by atoms with Gasteiger partial charge in [0.25, 0.3) is 0 Å². The molecule has 0 saturated carbocycles. The first-order chi connectivity index (χ1) is 5.73. The van der Waals surface area contributed by atoms with Gasteiger partial charge in [0.1, 0.15) is 0 Å². The summed E-state index contributed by atoms with van der Waals surface area (Å²) in [5, 5.41) is 0. The van der Waals surface area contributed by atoms with Gasteiger partial charge in [0.05, 0.1) is 0 Å². The van der Waals surface area contributed by atoms with Crippen LogP contribution in [0.15, 0.2) is 6.20 Å². The van der Waals surface area contributed by atoms with E-state index in [4.69, 9.17) is 0 Å². The van der Waals surface area contributed by atoms with E-state index >= 15 is 0 Å². The summed E-state index contributed by atoms with van der Waals surface area (Å²) in [6, 6.07) is 0. The van der Waals surface area contributed by atoms with Crippen molar-refractivity contribution in [3.63, 3.8) is 0 Å². The van der Waals surface area contributed by atoms with Crippen molar-refractivity contribution in [1.82, 2.24) is 4.98 Å². The molecule has 91 valence electrons. The fraction of sp³-hybridized carbons (Fsp3) is 0.667. The number of nitrogens with one attached hydrogen (secondary N) is 1. The Morgan fingerprint density at radius 3 is 1.62 bits per heavy atom. The Kier molecular flexibility index (Phi) is 9.69. The number of rotatable bonds is 0. The Labute approximate surface area is 127 Å². The maximum Gasteiger partial charge on any atom is 3.00 e. The summed E-state index contributed by atoms with van der Waals surface area (Å²) in [4.78, 5) is 3.09. The third kappa shape index (κ3) is 5.27. The minimum Gasteiger partial charge on any atom is -1.00 e. The molecule has 0 aromatic carbocycles. The van der Waals surface area contributed by atoms with Crippen LogP contribution < -0.4 is 24.8 Å². The van der Waals surface area contributed by atoms with Crippen LogP contribution >= 0.6 is 0 Å². The van der Waals surface area contributed by atoms with Crippen molar-refractivity contribution in [1.29, 1.82) is 0 Å². The minimum atomic E-state index is 0. The first-order valence-electron chi connectivity index (χ1n) is 4.83. The second-order valence-corrected chi connectivity index (χ2v) is 5.70. The molecule has 1 heterocycles. The molecule has 4 heteroatoms. The molecule has 0 bridgehead atoms. The molecule has 1 N–H and O–H groups in total. The first-order valence-corrected chi connectivity index (χ1v) is 4.83. The van der Waals surface area contributed by atoms with Crippen LogP contribution in [-0.4, -0.2) is 4.98 Å². The van der Waals surface area contributed by atoms with Gasteiger partial charge >= 0.3 is 21.7 Å². The third-order valence-corrected chi connectivity index (χ3v) is 2.24. The van der Waals surface area contributed by atoms with Gasteiger partial charge < -0.3 is 29.8 Å². The molecule has 0 aliphatic rings. The molecule has 0 aliphatic carbocycles. The molecular formula is C12H20Cl2NTi. The number of aromatic nitrogens is 1. The summed E-state index contributed by atoms with van der Waals surface area (Å²) in [6.45, 7) is 13.4. The van der Waals surface area contributed by atoms with Gasteiger partial charge in [-0.1, -0.05) is 47.0 Å². The van der Waals surface area contributed by atoms with Crippen LogP contribution in [0.2, 0.25) is 0 Å². The zero-order valence-electron chi connectivity index (χ0n) is 10.8. The summed E-state index contributed by atoms with van der Waals surface area (Å²) < 4.78 is 0. The number of aromatic amines is 1. The van der Waals surface area contributed by atoms with E-state index in [1.807, 2.05) is 0 Å². The van der Waals surface area contributed by atoms with Crippen molar-refractivity contribution in [2.75, 3.05) is 0 Å². The van der Waals surface area contributed by atoms with Crippen molar-refractivity contribution in [2.45, 2.75) is 52.4 Å². The molecule has 1 aromatic rings. The molecule has 0 fully saturated rings. The number of H-pyrrole nitrogens is 1. The molecule has 1 aromatic heterocycles. The van der Waals surface area contributed by atoms with Crippen LogP contribution in [0.3, 0.4) is 0 Å². The van der Waals surface area contributed by atoms with E-state index < -0.39 is 0 Å². The summed E-state index contributed by atoms with van der Waals surface area (Å²) in [5.74, 6) is 0. The Hall–Kier alpha value is 0.574. The third-order valence-electron chi connectivity index (χ3n) is 2.24. The van der Waals surface area contributed by atoms with Gasteiger partial charge in [-0.2, -0.15) is 5.56 Å². The standard InChI is InChI=1S/C12H20N.2ClH.Ti/c1-11(2,3)9-7-13-8-10(9)12(4,5)6;;;/h7,13H,1-6H3;2*1H;/q-1;;;+3/p-2. The van der Waals surface area contributed by atoms with Crippen LogP contribution in [0.25, 0.3) is 0 Å². The summed E-state index contributed by atoms with van der Waals surface area (Å²) in [6.07, 6.45) is 5.30. The van der Waals surface area contributed by atoms with E-state index in [0.717, 1.165) is 0 Å². The van der Waals surface area contributed by atoms with Gasteiger partial charge in [-0.15, -0.1) is 18.0 Å². The molecule has 0 saturated heterocycles. The zero-order chi connectivity index (χ0) is 10.3. The van der Waals surface area contributed by atoms with Gasteiger partial charge in [0.2, 0.25) is 0 Å². The first kappa shape index (κ1) is 21.8. The predicted molar refractivity (Wildman–Crippen MR) is 57.0 cm³/mol. The molecule has 0 aliphatic heterocycles. The second-order valence-electron chi connectivity index (χ2n) is 5.70. The topological polar surface area (TPSA) is 15.8 Å². The van der Waals surface area contributed by atoms with Crippen molar-refractivity contribution < 1.29 is 46.5 Å². The zero-order valence-corrected chi connectivity index (χ0v) is 13.9. The van der Waals surface area contributed by atoms with E-state index in [0.29, 0.717) is 0 Å². The van der Waals surface area contributed by atoms with Crippen LogP contribution in [0.1, 0.15) is 52.7 Å². The number of halogens is 2. The predicted octanol–water partition coefficient (Wildman–Crippen LogP) is -2.58. The summed E-state index contributed by atoms with van der Waals surface area (Å²) in [7, 11) is 0. The van der Waals surface area contributed by atoms with Crippen LogP contribution in [-0.2, 0) is 32.5 Å². The van der Waals surface area contributed by atoms with E-state index in [-0.39, 0.29) is 57.4 Å². The van der Waals surface area contributed by atoms with E-state index in [1.165, 1.54) is 11.1 Å². The van der Waals surface area contributed by atoms with Gasteiger partial charge in [0, 0.05) is 0 Å². The second kappa shape index (κ2) is 7.11. The Morgan fingerprint density at radius 1 is 0.938 bits per heavy atom. The van der Waals surface area contributed by atoms with Crippen LogP contribution in [0.5, 0.6) is 0 Å². The maximum absolute atomic E-state index is 3.23. The van der Waals surface area contributed by atoms with E-state index in [2.05, 4.69) is 58.9 Å². The molecule has 0 spiro atoms. The SMILES string of the molecule is CC(C)(C)c1[c-][nH]cc1C(C)(C)C.[Cl-].[Cl-].[Ti+3]. The average Bonchev–Trinajstić information content (AvgIpc) is 2.27. The Balaban J connectivity index is -0.000000563. The number of hydrogen-bond acceptors (Lipinski definition) is 0. The van der Waals surface area contributed by atoms with Crippen molar-refractivity contribution >= 4 is 0 Å². The summed E-state index contributed by atoms with van der Waals surface area (Å²) in [5.41, 5.74) is 3.07. The van der Waals surface area contributed by atoms with Gasteiger partial charge in [-0.25, -0.2) is 0 Å². The van der Waals surface area contributed by atoms with Crippen LogP contribution in [0.4, 0.5) is 0 Å². The molecule has 1 rings (SSSR count). The Morgan fingerprint density at radius 2 is 1.38 bits per heavy atom. The molecule has 1 radical (unpaired) electrons. The quantitative estimate of drug-likeness (QED) is 0.400. The largest absolute Gasteiger partial charge is 3.00 e. The maximum atomic E-state index is 3.23. The van der Waals surface area contributed by atoms with Gasteiger partial charge in [-0.3, -0.25) is 0 Å². The molecule has 16 heavy (non-hydrogen) atoms. The van der Waals surface area contributed by atoms with Crippen molar-refractivity contribution in [3.8, 4) is 0 Å². The average molecular weight is 297 g/mol. The fourth-order valence-corrected chi connectivity index (χ4v) is 1.50.